The van der Waals surface area contributed by atoms with Crippen LogP contribution in [0.1, 0.15) is 11.1 Å². The third kappa shape index (κ3) is 4.50. The summed E-state index contributed by atoms with van der Waals surface area (Å²) in [5, 5.41) is 0.664. The summed E-state index contributed by atoms with van der Waals surface area (Å²) >= 11 is 6.09. The number of carbonyl (C=O) groups is 1. The molecule has 0 spiro atoms. The molecule has 0 fully saturated rings. The Morgan fingerprint density at radius 2 is 1.81 bits per heavy atom. The van der Waals surface area contributed by atoms with Crippen molar-refractivity contribution in [2.75, 3.05) is 13.7 Å². The van der Waals surface area contributed by atoms with Crippen molar-refractivity contribution >= 4 is 17.5 Å². The van der Waals surface area contributed by atoms with Crippen molar-refractivity contribution in [2.45, 2.75) is 13.5 Å². The van der Waals surface area contributed by atoms with Crippen LogP contribution in [0.4, 0.5) is 0 Å². The molecule has 0 aliphatic carbocycles. The number of hydrogen-bond acceptors (Lipinski definition) is 2. The lowest BCUT2D eigenvalue weighted by atomic mass is 10.2. The second-order valence-electron chi connectivity index (χ2n) is 4.94. The Labute approximate surface area is 130 Å². The highest BCUT2D eigenvalue weighted by Crippen LogP contribution is 2.17. The fourth-order valence-electron chi connectivity index (χ4n) is 1.86. The van der Waals surface area contributed by atoms with Gasteiger partial charge < -0.3 is 9.64 Å². The van der Waals surface area contributed by atoms with Gasteiger partial charge in [0.05, 0.1) is 0 Å². The lowest BCUT2D eigenvalue weighted by Crippen LogP contribution is -2.31. The van der Waals surface area contributed by atoms with Crippen molar-refractivity contribution in [1.82, 2.24) is 4.90 Å². The van der Waals surface area contributed by atoms with Gasteiger partial charge in [-0.2, -0.15) is 0 Å². The number of benzene rings is 2. The van der Waals surface area contributed by atoms with Crippen LogP contribution in [0.2, 0.25) is 5.02 Å². The molecule has 0 aromatic heterocycles. The Morgan fingerprint density at radius 1 is 1.14 bits per heavy atom. The molecule has 0 unspecified atom stereocenters. The summed E-state index contributed by atoms with van der Waals surface area (Å²) in [5.74, 6) is 0.607. The van der Waals surface area contributed by atoms with E-state index < -0.39 is 0 Å². The highest BCUT2D eigenvalue weighted by molar-refractivity contribution is 6.31. The molecule has 21 heavy (non-hydrogen) atoms. The van der Waals surface area contributed by atoms with Gasteiger partial charge in [-0.1, -0.05) is 47.5 Å². The topological polar surface area (TPSA) is 29.5 Å². The molecule has 0 bridgehead atoms. The predicted molar refractivity (Wildman–Crippen MR) is 84.6 cm³/mol. The Morgan fingerprint density at radius 3 is 2.48 bits per heavy atom. The maximum Gasteiger partial charge on any atom is 0.260 e. The molecule has 0 aliphatic rings. The number of amides is 1. The molecule has 1 amide bonds. The molecule has 110 valence electrons. The molecule has 2 aromatic carbocycles. The molecule has 0 saturated carbocycles. The van der Waals surface area contributed by atoms with Gasteiger partial charge in [-0.3, -0.25) is 4.79 Å². The fraction of sp³-hybridized carbons (Fsp3) is 0.235. The minimum absolute atomic E-state index is 0.0179. The van der Waals surface area contributed by atoms with Crippen molar-refractivity contribution in [3.63, 3.8) is 0 Å². The molecule has 2 aromatic rings. The third-order valence-electron chi connectivity index (χ3n) is 3.17. The fourth-order valence-corrected chi connectivity index (χ4v) is 2.06. The van der Waals surface area contributed by atoms with Crippen molar-refractivity contribution < 1.29 is 9.53 Å². The van der Waals surface area contributed by atoms with Crippen LogP contribution >= 0.6 is 11.6 Å². The molecule has 0 atom stereocenters. The van der Waals surface area contributed by atoms with Gasteiger partial charge in [-0.15, -0.1) is 0 Å². The van der Waals surface area contributed by atoms with E-state index in [1.807, 2.05) is 55.5 Å². The zero-order chi connectivity index (χ0) is 15.2. The minimum Gasteiger partial charge on any atom is -0.484 e. The number of likely N-dealkylation sites (N-methyl/N-ethyl adjacent to an activating group) is 1. The first-order valence-corrected chi connectivity index (χ1v) is 7.11. The maximum atomic E-state index is 12.1. The van der Waals surface area contributed by atoms with Gasteiger partial charge in [-0.25, -0.2) is 0 Å². The normalized spacial score (nSPS) is 10.2. The number of nitrogens with zero attached hydrogens (tertiary/aromatic N) is 1. The molecular formula is C17H18ClNO2. The average Bonchev–Trinajstić information content (AvgIpc) is 2.48. The maximum absolute atomic E-state index is 12.1. The number of hydrogen-bond donors (Lipinski definition) is 0. The summed E-state index contributed by atoms with van der Waals surface area (Å²) in [6.07, 6.45) is 0. The van der Waals surface area contributed by atoms with Crippen LogP contribution in [0, 0.1) is 6.92 Å². The van der Waals surface area contributed by atoms with E-state index in [2.05, 4.69) is 0 Å². The van der Waals surface area contributed by atoms with Gasteiger partial charge in [0.2, 0.25) is 0 Å². The Hall–Kier alpha value is -2.00. The van der Waals surface area contributed by atoms with Gasteiger partial charge in [0.1, 0.15) is 5.75 Å². The monoisotopic (exact) mass is 303 g/mol. The zero-order valence-electron chi connectivity index (χ0n) is 12.2. The lowest BCUT2D eigenvalue weighted by molar-refractivity contribution is -0.132. The molecule has 3 nitrogen and oxygen atoms in total. The van der Waals surface area contributed by atoms with E-state index in [0.717, 1.165) is 11.1 Å². The first-order valence-electron chi connectivity index (χ1n) is 6.73. The van der Waals surface area contributed by atoms with Crippen molar-refractivity contribution in [2.24, 2.45) is 0 Å². The van der Waals surface area contributed by atoms with Crippen LogP contribution < -0.4 is 4.74 Å². The smallest absolute Gasteiger partial charge is 0.260 e. The predicted octanol–water partition coefficient (Wildman–Crippen LogP) is 3.69. The summed E-state index contributed by atoms with van der Waals surface area (Å²) in [6.45, 7) is 2.49. The Balaban J connectivity index is 1.88. The second-order valence-corrected chi connectivity index (χ2v) is 5.35. The molecule has 0 heterocycles. The molecule has 0 aliphatic heterocycles. The standard InChI is InChI=1S/C17H18ClNO2/c1-13-7-9-15(10-8-13)21-12-17(20)19(2)11-14-5-3-4-6-16(14)18/h3-10H,11-12H2,1-2H3. The van der Waals surface area contributed by atoms with E-state index in [1.54, 1.807) is 11.9 Å². The zero-order valence-corrected chi connectivity index (χ0v) is 12.9. The molecule has 0 saturated heterocycles. The van der Waals surface area contributed by atoms with Crippen LogP contribution in [0.15, 0.2) is 48.5 Å². The van der Waals surface area contributed by atoms with E-state index in [1.165, 1.54) is 0 Å². The number of carbonyl (C=O) groups excluding carboxylic acids is 1. The van der Waals surface area contributed by atoms with Gasteiger partial charge in [0, 0.05) is 18.6 Å². The van der Waals surface area contributed by atoms with Crippen molar-refractivity contribution in [3.05, 3.63) is 64.7 Å². The van der Waals surface area contributed by atoms with Crippen LogP contribution in [-0.4, -0.2) is 24.5 Å². The van der Waals surface area contributed by atoms with Crippen LogP contribution in [0.25, 0.3) is 0 Å². The van der Waals surface area contributed by atoms with Crippen molar-refractivity contribution in [3.8, 4) is 5.75 Å². The largest absolute Gasteiger partial charge is 0.484 e. The van der Waals surface area contributed by atoms with Gasteiger partial charge in [0.25, 0.3) is 5.91 Å². The second kappa shape index (κ2) is 7.14. The van der Waals surface area contributed by atoms with E-state index in [4.69, 9.17) is 16.3 Å². The molecular weight excluding hydrogens is 286 g/mol. The van der Waals surface area contributed by atoms with Gasteiger partial charge in [0.15, 0.2) is 6.61 Å². The highest BCUT2D eigenvalue weighted by atomic mass is 35.5. The van der Waals surface area contributed by atoms with E-state index in [-0.39, 0.29) is 12.5 Å². The lowest BCUT2D eigenvalue weighted by Gasteiger charge is -2.18. The number of ether oxygens (including phenoxy) is 1. The molecule has 0 N–H and O–H groups in total. The summed E-state index contributed by atoms with van der Waals surface area (Å²) in [7, 11) is 1.74. The quantitative estimate of drug-likeness (QED) is 0.843. The number of halogens is 1. The van der Waals surface area contributed by atoms with Crippen LogP contribution in [-0.2, 0) is 11.3 Å². The van der Waals surface area contributed by atoms with E-state index in [0.29, 0.717) is 17.3 Å². The number of aryl methyl sites for hydroxylation is 1. The average molecular weight is 304 g/mol. The minimum atomic E-state index is -0.0875. The summed E-state index contributed by atoms with van der Waals surface area (Å²) in [4.78, 5) is 13.7. The SMILES string of the molecule is Cc1ccc(OCC(=O)N(C)Cc2ccccc2Cl)cc1. The highest BCUT2D eigenvalue weighted by Gasteiger charge is 2.11. The first kappa shape index (κ1) is 15.4. The summed E-state index contributed by atoms with van der Waals surface area (Å²) in [5.41, 5.74) is 2.08. The van der Waals surface area contributed by atoms with Gasteiger partial charge in [-0.05, 0) is 30.7 Å². The molecule has 4 heteroatoms. The molecule has 2 rings (SSSR count). The van der Waals surface area contributed by atoms with Gasteiger partial charge >= 0.3 is 0 Å². The third-order valence-corrected chi connectivity index (χ3v) is 3.54. The summed E-state index contributed by atoms with van der Waals surface area (Å²) < 4.78 is 5.49. The molecule has 0 radical (unpaired) electrons. The summed E-state index contributed by atoms with van der Waals surface area (Å²) in [6, 6.07) is 15.1. The van der Waals surface area contributed by atoms with Crippen LogP contribution in [0.5, 0.6) is 5.75 Å². The Bertz CT molecular complexity index is 610. The van der Waals surface area contributed by atoms with E-state index >= 15 is 0 Å². The van der Waals surface area contributed by atoms with Crippen LogP contribution in [0.3, 0.4) is 0 Å². The Kier molecular flexibility index (Phi) is 5.23. The van der Waals surface area contributed by atoms with Crippen molar-refractivity contribution in [1.29, 1.82) is 0 Å². The first-order chi connectivity index (χ1) is 10.1. The van der Waals surface area contributed by atoms with E-state index in [9.17, 15) is 4.79 Å². The number of rotatable bonds is 5.